The zero-order valence-corrected chi connectivity index (χ0v) is 13.9. The molecule has 0 amide bonds. The minimum absolute atomic E-state index is 0.0398. The summed E-state index contributed by atoms with van der Waals surface area (Å²) in [5.74, 6) is 0.381. The van der Waals surface area contributed by atoms with Crippen molar-refractivity contribution < 1.29 is 27.8 Å². The highest BCUT2D eigenvalue weighted by atomic mass is 19.4. The van der Waals surface area contributed by atoms with Crippen LogP contribution in [0, 0.1) is 0 Å². The highest BCUT2D eigenvalue weighted by Crippen LogP contribution is 2.46. The summed E-state index contributed by atoms with van der Waals surface area (Å²) < 4.78 is 50.8. The number of aromatic hydroxyl groups is 1. The zero-order valence-electron chi connectivity index (χ0n) is 13.9. The van der Waals surface area contributed by atoms with Gasteiger partial charge in [-0.1, -0.05) is 18.2 Å². The Bertz CT molecular complexity index is 936. The molecule has 0 aliphatic carbocycles. The highest BCUT2D eigenvalue weighted by molar-refractivity contribution is 5.88. The number of hydrogen-bond acceptors (Lipinski definition) is 4. The molecular formula is C18H15F3N2O3. The van der Waals surface area contributed by atoms with Gasteiger partial charge in [-0.2, -0.15) is 18.3 Å². The first-order valence-electron chi connectivity index (χ1n) is 7.53. The van der Waals surface area contributed by atoms with Gasteiger partial charge in [0.15, 0.2) is 0 Å². The second-order valence-electron chi connectivity index (χ2n) is 5.40. The third-order valence-electron chi connectivity index (χ3n) is 3.89. The number of halogens is 3. The Morgan fingerprint density at radius 1 is 1.00 bits per heavy atom. The van der Waals surface area contributed by atoms with E-state index >= 15 is 0 Å². The maximum atomic E-state index is 13.5. The molecule has 0 saturated heterocycles. The molecule has 0 aliphatic heterocycles. The van der Waals surface area contributed by atoms with Crippen molar-refractivity contribution in [2.75, 3.05) is 14.2 Å². The number of aromatic nitrogens is 2. The normalized spacial score (nSPS) is 11.4. The summed E-state index contributed by atoms with van der Waals surface area (Å²) in [5, 5.41) is 16.1. The van der Waals surface area contributed by atoms with E-state index in [9.17, 15) is 18.3 Å². The lowest BCUT2D eigenvalue weighted by molar-refractivity contribution is -0.140. The Labute approximate surface area is 147 Å². The number of nitrogens with one attached hydrogen (secondary N) is 1. The van der Waals surface area contributed by atoms with Crippen molar-refractivity contribution in [2.45, 2.75) is 6.18 Å². The molecule has 26 heavy (non-hydrogen) atoms. The van der Waals surface area contributed by atoms with Crippen LogP contribution in [-0.2, 0) is 6.18 Å². The van der Waals surface area contributed by atoms with Gasteiger partial charge in [0.05, 0.1) is 14.2 Å². The lowest BCUT2D eigenvalue weighted by Crippen LogP contribution is -2.07. The number of hydrogen-bond donors (Lipinski definition) is 2. The summed E-state index contributed by atoms with van der Waals surface area (Å²) in [4.78, 5) is 0. The lowest BCUT2D eigenvalue weighted by Gasteiger charge is -2.13. The van der Waals surface area contributed by atoms with Crippen molar-refractivity contribution in [3.8, 4) is 39.6 Å². The maximum Gasteiger partial charge on any atom is 0.433 e. The molecule has 2 N–H and O–H groups in total. The van der Waals surface area contributed by atoms with E-state index in [0.29, 0.717) is 5.75 Å². The largest absolute Gasteiger partial charge is 0.507 e. The van der Waals surface area contributed by atoms with Gasteiger partial charge < -0.3 is 14.6 Å². The van der Waals surface area contributed by atoms with Crippen molar-refractivity contribution in [3.05, 3.63) is 48.2 Å². The molecule has 0 saturated carbocycles. The third-order valence-corrected chi connectivity index (χ3v) is 3.89. The number of alkyl halides is 3. The van der Waals surface area contributed by atoms with Gasteiger partial charge >= 0.3 is 6.18 Å². The molecule has 0 atom stereocenters. The molecule has 0 aliphatic rings. The number of aromatic amines is 1. The Morgan fingerprint density at radius 3 is 2.35 bits per heavy atom. The van der Waals surface area contributed by atoms with Gasteiger partial charge in [-0.3, -0.25) is 5.10 Å². The number of rotatable bonds is 4. The quantitative estimate of drug-likeness (QED) is 0.716. The van der Waals surface area contributed by atoms with Crippen molar-refractivity contribution >= 4 is 0 Å². The van der Waals surface area contributed by atoms with Gasteiger partial charge in [0.1, 0.15) is 28.6 Å². The topological polar surface area (TPSA) is 67.4 Å². The first-order valence-corrected chi connectivity index (χ1v) is 7.53. The van der Waals surface area contributed by atoms with Crippen LogP contribution < -0.4 is 9.47 Å². The molecule has 0 fully saturated rings. The van der Waals surface area contributed by atoms with Crippen LogP contribution in [0.25, 0.3) is 22.4 Å². The van der Waals surface area contributed by atoms with E-state index in [-0.39, 0.29) is 33.9 Å². The number of H-pyrrole nitrogens is 1. The standard InChI is InChI=1S/C18H15F3N2O3/c1-25-10-7-8-11(13(24)9-10)16-15(17(23-22-16)18(19,20)21)12-5-3-4-6-14(12)26-2/h3-9,24H,1-2H3,(H,22,23). The highest BCUT2D eigenvalue weighted by Gasteiger charge is 2.39. The summed E-state index contributed by atoms with van der Waals surface area (Å²) in [7, 11) is 2.79. The van der Waals surface area contributed by atoms with E-state index in [4.69, 9.17) is 9.47 Å². The summed E-state index contributed by atoms with van der Waals surface area (Å²) in [6.45, 7) is 0. The van der Waals surface area contributed by atoms with Gasteiger partial charge in [0.25, 0.3) is 0 Å². The van der Waals surface area contributed by atoms with Crippen LogP contribution >= 0.6 is 0 Å². The first kappa shape index (κ1) is 17.7. The van der Waals surface area contributed by atoms with Crippen LogP contribution in [-0.4, -0.2) is 29.5 Å². The minimum atomic E-state index is -4.66. The minimum Gasteiger partial charge on any atom is -0.507 e. The molecule has 0 bridgehead atoms. The average molecular weight is 364 g/mol. The molecule has 5 nitrogen and oxygen atoms in total. The molecule has 3 rings (SSSR count). The maximum absolute atomic E-state index is 13.5. The number of nitrogens with zero attached hydrogens (tertiary/aromatic N) is 1. The number of ether oxygens (including phenoxy) is 2. The summed E-state index contributed by atoms with van der Waals surface area (Å²) in [6, 6.07) is 10.6. The summed E-state index contributed by atoms with van der Waals surface area (Å²) in [5.41, 5.74) is -0.913. The van der Waals surface area contributed by atoms with Crippen LogP contribution in [0.15, 0.2) is 42.5 Å². The predicted octanol–water partition coefficient (Wildman–Crippen LogP) is 4.49. The van der Waals surface area contributed by atoms with Gasteiger partial charge in [0, 0.05) is 22.8 Å². The number of benzene rings is 2. The fraction of sp³-hybridized carbons (Fsp3) is 0.167. The molecule has 136 valence electrons. The molecule has 1 heterocycles. The first-order chi connectivity index (χ1) is 12.4. The second-order valence-corrected chi connectivity index (χ2v) is 5.40. The van der Waals surface area contributed by atoms with Crippen molar-refractivity contribution in [2.24, 2.45) is 0 Å². The molecule has 2 aromatic carbocycles. The van der Waals surface area contributed by atoms with Crippen molar-refractivity contribution in [1.29, 1.82) is 0 Å². The Hall–Kier alpha value is -3.16. The Kier molecular flexibility index (Phi) is 4.50. The predicted molar refractivity (Wildman–Crippen MR) is 89.2 cm³/mol. The lowest BCUT2D eigenvalue weighted by atomic mass is 9.97. The third kappa shape index (κ3) is 3.05. The molecule has 1 aromatic heterocycles. The number of para-hydroxylation sites is 1. The van der Waals surface area contributed by atoms with Gasteiger partial charge in [-0.15, -0.1) is 0 Å². The Balaban J connectivity index is 2.30. The van der Waals surface area contributed by atoms with Crippen LogP contribution in [0.5, 0.6) is 17.2 Å². The molecular weight excluding hydrogens is 349 g/mol. The van der Waals surface area contributed by atoms with Crippen LogP contribution in [0.3, 0.4) is 0 Å². The van der Waals surface area contributed by atoms with E-state index in [2.05, 4.69) is 5.10 Å². The van der Waals surface area contributed by atoms with E-state index in [0.717, 1.165) is 0 Å². The molecule has 8 heteroatoms. The Morgan fingerprint density at radius 2 is 1.73 bits per heavy atom. The zero-order chi connectivity index (χ0) is 18.9. The average Bonchev–Trinajstić information content (AvgIpc) is 3.06. The van der Waals surface area contributed by atoms with Gasteiger partial charge in [0.2, 0.25) is 0 Å². The van der Waals surface area contributed by atoms with Gasteiger partial charge in [-0.05, 0) is 18.2 Å². The summed E-state index contributed by atoms with van der Waals surface area (Å²) in [6.07, 6.45) is -4.66. The second kappa shape index (κ2) is 6.62. The van der Waals surface area contributed by atoms with E-state index in [1.165, 1.54) is 38.5 Å². The van der Waals surface area contributed by atoms with Crippen molar-refractivity contribution in [3.63, 3.8) is 0 Å². The monoisotopic (exact) mass is 364 g/mol. The fourth-order valence-electron chi connectivity index (χ4n) is 2.69. The molecule has 0 radical (unpaired) electrons. The van der Waals surface area contributed by atoms with Crippen LogP contribution in [0.2, 0.25) is 0 Å². The number of phenolic OH excluding ortho intramolecular Hbond substituents is 1. The van der Waals surface area contributed by atoms with Gasteiger partial charge in [-0.25, -0.2) is 0 Å². The molecule has 3 aromatic rings. The van der Waals surface area contributed by atoms with Crippen LogP contribution in [0.4, 0.5) is 13.2 Å². The van der Waals surface area contributed by atoms with Crippen LogP contribution in [0.1, 0.15) is 5.69 Å². The SMILES string of the molecule is COc1ccc(-c2n[nH]c(C(F)(F)F)c2-c2ccccc2OC)c(O)c1. The van der Waals surface area contributed by atoms with E-state index in [1.807, 2.05) is 5.10 Å². The summed E-state index contributed by atoms with van der Waals surface area (Å²) >= 11 is 0. The molecule has 0 spiro atoms. The number of methoxy groups -OCH3 is 2. The van der Waals surface area contributed by atoms with E-state index < -0.39 is 11.9 Å². The smallest absolute Gasteiger partial charge is 0.433 e. The van der Waals surface area contributed by atoms with E-state index in [1.54, 1.807) is 18.2 Å². The number of phenols is 1. The molecule has 0 unspecified atom stereocenters. The van der Waals surface area contributed by atoms with Crippen molar-refractivity contribution in [1.82, 2.24) is 10.2 Å². The fourth-order valence-corrected chi connectivity index (χ4v) is 2.69.